The molecule has 44 heavy (non-hydrogen) atoms. The molecule has 0 unspecified atom stereocenters. The Hall–Kier alpha value is -4.42. The predicted octanol–water partition coefficient (Wildman–Crippen LogP) is -1.28. The van der Waals surface area contributed by atoms with Gasteiger partial charge in [-0.2, -0.15) is 0 Å². The highest BCUT2D eigenvalue weighted by molar-refractivity contribution is 8.00. The first-order valence-corrected chi connectivity index (χ1v) is 15.1. The number of rotatable bonds is 12. The molecule has 0 aliphatic carbocycles. The number of fused-ring (bicyclic) bond motifs is 2. The Morgan fingerprint density at radius 2 is 2.14 bits per heavy atom. The van der Waals surface area contributed by atoms with E-state index in [0.29, 0.717) is 41.7 Å². The van der Waals surface area contributed by atoms with Crippen LogP contribution in [-0.4, -0.2) is 85.7 Å². The topological polar surface area (TPSA) is 222 Å². The monoisotopic (exact) mass is 663 g/mol. The van der Waals surface area contributed by atoms with Crippen molar-refractivity contribution in [3.05, 3.63) is 46.9 Å². The second kappa shape index (κ2) is 13.9. The third kappa shape index (κ3) is 6.71. The lowest BCUT2D eigenvalue weighted by molar-refractivity contribution is -0.662. The smallest absolute Gasteiger partial charge is 0.307 e. The van der Waals surface area contributed by atoms with E-state index in [4.69, 9.17) is 16.3 Å². The van der Waals surface area contributed by atoms with Crippen molar-refractivity contribution in [2.75, 3.05) is 36.5 Å². The van der Waals surface area contributed by atoms with Gasteiger partial charge in [0, 0.05) is 29.3 Å². The number of nitrogens with one attached hydrogen (secondary N) is 2. The van der Waals surface area contributed by atoms with Gasteiger partial charge in [-0.3, -0.25) is 19.5 Å². The van der Waals surface area contributed by atoms with Crippen LogP contribution in [-0.2, 0) is 25.8 Å². The van der Waals surface area contributed by atoms with E-state index in [1.807, 2.05) is 10.6 Å². The first kappa shape index (κ1) is 32.5. The van der Waals surface area contributed by atoms with Gasteiger partial charge in [0.25, 0.3) is 11.8 Å². The fourth-order valence-electron chi connectivity index (χ4n) is 4.57. The summed E-state index contributed by atoms with van der Waals surface area (Å²) in [6, 6.07) is 2.68. The Morgan fingerprint density at radius 1 is 1.34 bits per heavy atom. The normalized spacial score (nSPS) is 18.4. The molecular formula is C25H30ClN11O5S2. The number of carbonyl (C=O) groups excluding carboxylic acids is 3. The third-order valence-electron chi connectivity index (χ3n) is 6.45. The fraction of sp³-hybridized carbons (Fsp3) is 0.360. The van der Waals surface area contributed by atoms with Gasteiger partial charge in [0.05, 0.1) is 24.0 Å². The molecule has 2 aliphatic heterocycles. The van der Waals surface area contributed by atoms with Crippen molar-refractivity contribution in [2.45, 2.75) is 31.8 Å². The summed E-state index contributed by atoms with van der Waals surface area (Å²) >= 11 is 2.47. The van der Waals surface area contributed by atoms with Crippen molar-refractivity contribution < 1.29 is 28.9 Å². The molecule has 0 spiro atoms. The maximum absolute atomic E-state index is 13.2. The van der Waals surface area contributed by atoms with E-state index >= 15 is 0 Å². The number of halogens is 1. The van der Waals surface area contributed by atoms with Crippen LogP contribution in [0.25, 0.3) is 5.65 Å². The summed E-state index contributed by atoms with van der Waals surface area (Å²) < 4.78 is 3.49. The molecular weight excluding hydrogens is 634 g/mol. The van der Waals surface area contributed by atoms with E-state index in [0.717, 1.165) is 16.2 Å². The number of carboxylic acids is 1. The summed E-state index contributed by atoms with van der Waals surface area (Å²) in [4.78, 5) is 53.0. The van der Waals surface area contributed by atoms with E-state index in [2.05, 4.69) is 30.9 Å². The van der Waals surface area contributed by atoms with E-state index in [-0.39, 0.29) is 47.8 Å². The molecule has 2 aliphatic rings. The molecule has 16 nitrogen and oxygen atoms in total. The van der Waals surface area contributed by atoms with Crippen LogP contribution in [0.1, 0.15) is 19.5 Å². The van der Waals surface area contributed by atoms with Gasteiger partial charge in [-0.25, -0.2) is 9.55 Å². The number of amidine groups is 1. The van der Waals surface area contributed by atoms with Gasteiger partial charge in [-0.05, 0) is 19.9 Å². The SMILES string of the molecule is CCO/N=C(\C(=O)N[C@@H]1C(=O)N2C(C(=O)[O-])=C(C[n+]3ccn4nc(NCCN=C(C)N)ccc43)CS[C@H]12)c1csc(N)n1.Cl. The number of carbonyl (C=O) groups is 3. The molecule has 1 fully saturated rings. The molecule has 0 radical (unpaired) electrons. The number of oxime groups is 1. The maximum atomic E-state index is 13.2. The number of β-lactam (4-membered cyclic amide) rings is 1. The Balaban J connectivity index is 0.00000442. The molecule has 5 heterocycles. The van der Waals surface area contributed by atoms with Crippen molar-refractivity contribution >= 4 is 81.4 Å². The van der Waals surface area contributed by atoms with Gasteiger partial charge in [-0.15, -0.1) is 35.5 Å². The number of aromatic nitrogens is 4. The van der Waals surface area contributed by atoms with Gasteiger partial charge < -0.3 is 36.8 Å². The molecule has 2 amide bonds. The highest BCUT2D eigenvalue weighted by Crippen LogP contribution is 2.40. The number of hydrogen-bond donors (Lipinski definition) is 4. The minimum Gasteiger partial charge on any atom is -0.543 e. The summed E-state index contributed by atoms with van der Waals surface area (Å²) in [7, 11) is 0. The van der Waals surface area contributed by atoms with Gasteiger partial charge in [-0.1, -0.05) is 14.8 Å². The predicted molar refractivity (Wildman–Crippen MR) is 165 cm³/mol. The zero-order valence-electron chi connectivity index (χ0n) is 23.6. The fourth-order valence-corrected chi connectivity index (χ4v) is 6.45. The molecule has 2 atom stereocenters. The standard InChI is InChI=1S/C25H29N11O5S2.ClH/c1-3-41-33-18(15-12-43-25(27)30-15)21(37)31-19-22(38)36-20(24(39)40)14(11-42-23(19)36)10-34-8-9-35-17(34)5-4-16(32-35)29-7-6-28-13(2)26;/h4-5,8-9,12,19,23H,3,6-7,10-11H2,1-2H3,(H6-,26,27,28,29,30,31,32,37,39,40);1H/b33-18-;/t19-,23-;/m1./s1. The van der Waals surface area contributed by atoms with Crippen LogP contribution in [0.3, 0.4) is 0 Å². The number of nitrogens with zero attached hydrogens (tertiary/aromatic N) is 7. The van der Waals surface area contributed by atoms with E-state index < -0.39 is 29.2 Å². The molecule has 0 saturated carbocycles. The van der Waals surface area contributed by atoms with Crippen LogP contribution >= 0.6 is 35.5 Å². The number of aliphatic carboxylic acids is 1. The van der Waals surface area contributed by atoms with Crippen molar-refractivity contribution in [1.29, 1.82) is 0 Å². The molecule has 5 rings (SSSR count). The van der Waals surface area contributed by atoms with Crippen LogP contribution < -0.4 is 31.8 Å². The molecule has 3 aromatic rings. The molecule has 0 aromatic carbocycles. The number of anilines is 2. The minimum atomic E-state index is -1.47. The van der Waals surface area contributed by atoms with E-state index in [9.17, 15) is 19.5 Å². The van der Waals surface area contributed by atoms with Crippen molar-refractivity contribution in [3.63, 3.8) is 0 Å². The number of hydrogen-bond acceptors (Lipinski definition) is 13. The second-order valence-electron chi connectivity index (χ2n) is 9.43. The number of imidazole rings is 1. The quantitative estimate of drug-likeness (QED) is 0.0446. The van der Waals surface area contributed by atoms with Crippen molar-refractivity contribution in [1.82, 2.24) is 24.8 Å². The summed E-state index contributed by atoms with van der Waals surface area (Å²) in [5.41, 5.74) is 12.3. The van der Waals surface area contributed by atoms with Gasteiger partial charge in [0.15, 0.2) is 22.9 Å². The number of thiazole rings is 1. The van der Waals surface area contributed by atoms with Crippen molar-refractivity contribution in [3.8, 4) is 0 Å². The highest BCUT2D eigenvalue weighted by atomic mass is 35.5. The summed E-state index contributed by atoms with van der Waals surface area (Å²) in [5.74, 6) is -1.30. The third-order valence-corrected chi connectivity index (χ3v) is 8.47. The van der Waals surface area contributed by atoms with Gasteiger partial charge >= 0.3 is 5.65 Å². The second-order valence-corrected chi connectivity index (χ2v) is 11.4. The molecule has 3 aromatic heterocycles. The maximum Gasteiger partial charge on any atom is 0.307 e. The van der Waals surface area contributed by atoms with Crippen LogP contribution in [0.15, 0.2) is 51.3 Å². The highest BCUT2D eigenvalue weighted by Gasteiger charge is 2.53. The number of thioether (sulfide) groups is 1. The number of amides is 2. The van der Waals surface area contributed by atoms with Crippen LogP contribution in [0.2, 0.25) is 0 Å². The molecule has 6 N–H and O–H groups in total. The van der Waals surface area contributed by atoms with E-state index in [1.54, 1.807) is 42.2 Å². The van der Waals surface area contributed by atoms with Gasteiger partial charge in [0.2, 0.25) is 0 Å². The number of aliphatic imine (C=N–C) groups is 1. The average Bonchev–Trinajstić information content (AvgIpc) is 3.59. The molecule has 0 bridgehead atoms. The first-order valence-electron chi connectivity index (χ1n) is 13.2. The van der Waals surface area contributed by atoms with Crippen LogP contribution in [0.5, 0.6) is 0 Å². The summed E-state index contributed by atoms with van der Waals surface area (Å²) in [6.45, 7) is 4.89. The Bertz CT molecular complexity index is 1670. The number of nitrogen functional groups attached to an aromatic ring is 1. The zero-order chi connectivity index (χ0) is 30.7. The summed E-state index contributed by atoms with van der Waals surface area (Å²) in [5, 5.41) is 27.6. The van der Waals surface area contributed by atoms with Crippen LogP contribution in [0.4, 0.5) is 10.9 Å². The Kier molecular flexibility index (Phi) is 10.3. The molecule has 234 valence electrons. The first-order chi connectivity index (χ1) is 20.7. The number of nitrogens with two attached hydrogens (primary N) is 2. The number of carboxylic acid groups (broad SMARTS) is 1. The molecule has 19 heteroatoms. The minimum absolute atomic E-state index is 0. The van der Waals surface area contributed by atoms with Gasteiger partial charge in [0.1, 0.15) is 36.5 Å². The average molecular weight is 664 g/mol. The lowest BCUT2D eigenvalue weighted by atomic mass is 10.0. The largest absolute Gasteiger partial charge is 0.543 e. The Morgan fingerprint density at radius 3 is 2.82 bits per heavy atom. The zero-order valence-corrected chi connectivity index (χ0v) is 26.1. The molecule has 1 saturated heterocycles. The Labute approximate surface area is 265 Å². The van der Waals surface area contributed by atoms with Crippen molar-refractivity contribution in [2.24, 2.45) is 15.9 Å². The van der Waals surface area contributed by atoms with E-state index in [1.165, 1.54) is 11.8 Å². The summed E-state index contributed by atoms with van der Waals surface area (Å²) in [6.07, 6.45) is 3.52. The lowest BCUT2D eigenvalue weighted by Crippen LogP contribution is -2.71. The lowest BCUT2D eigenvalue weighted by Gasteiger charge is -2.50. The van der Waals surface area contributed by atoms with Crippen LogP contribution in [0, 0.1) is 0 Å².